The Bertz CT molecular complexity index is 389. The van der Waals surface area contributed by atoms with Crippen LogP contribution in [-0.4, -0.2) is 18.2 Å². The highest BCUT2D eigenvalue weighted by atomic mass is 19.1. The molecule has 0 atom stereocenters. The molecule has 0 heterocycles. The molecular weight excluding hydrogens is 207 g/mol. The number of carbonyl (C=O) groups is 2. The quantitative estimate of drug-likeness (QED) is 0.543. The highest BCUT2D eigenvalue weighted by Gasteiger charge is 2.26. The largest absolute Gasteiger partial charge is 0.289 e. The molecule has 0 aromatic heterocycles. The summed E-state index contributed by atoms with van der Waals surface area (Å²) in [5.74, 6) is -0.0965. The number of hydrogen-bond acceptors (Lipinski definition) is 2. The number of alkyl halides is 1. The van der Waals surface area contributed by atoms with Crippen LogP contribution in [0.2, 0.25) is 0 Å². The van der Waals surface area contributed by atoms with Crippen LogP contribution in [0, 0.1) is 0 Å². The Morgan fingerprint density at radius 2 is 1.44 bits per heavy atom. The number of halogens is 1. The first-order valence-electron chi connectivity index (χ1n) is 5.53. The number of carbonyl (C=O) groups excluding carboxylic acids is 2. The van der Waals surface area contributed by atoms with Crippen LogP contribution in [0.4, 0.5) is 4.39 Å². The van der Waals surface area contributed by atoms with Crippen LogP contribution >= 0.6 is 0 Å². The molecule has 0 saturated carbocycles. The van der Waals surface area contributed by atoms with Crippen molar-refractivity contribution in [1.29, 1.82) is 0 Å². The summed E-state index contributed by atoms with van der Waals surface area (Å²) >= 11 is 0. The smallest absolute Gasteiger partial charge is 0.185 e. The summed E-state index contributed by atoms with van der Waals surface area (Å²) in [6.45, 7) is 4.66. The van der Waals surface area contributed by atoms with Gasteiger partial charge in [0.25, 0.3) is 0 Å². The van der Waals surface area contributed by atoms with Gasteiger partial charge in [-0.15, -0.1) is 0 Å². The predicted octanol–water partition coefficient (Wildman–Crippen LogP) is 2.93. The van der Waals surface area contributed by atoms with Crippen molar-refractivity contribution in [2.75, 3.05) is 6.67 Å². The summed E-state index contributed by atoms with van der Waals surface area (Å²) in [5, 5.41) is 0. The molecule has 0 aliphatic heterocycles. The van der Waals surface area contributed by atoms with Crippen molar-refractivity contribution in [1.82, 2.24) is 0 Å². The molecule has 0 spiro atoms. The zero-order valence-electron chi connectivity index (χ0n) is 10.0. The number of rotatable bonds is 4. The van der Waals surface area contributed by atoms with Gasteiger partial charge in [-0.3, -0.25) is 14.0 Å². The van der Waals surface area contributed by atoms with Gasteiger partial charge in [-0.1, -0.05) is 0 Å². The Morgan fingerprint density at radius 3 is 2.00 bits per heavy atom. The number of Topliss-reactive ketones (excluding diaryl/α,β-unsaturated/α-hetero) is 2. The van der Waals surface area contributed by atoms with Crippen molar-refractivity contribution in [2.45, 2.75) is 40.0 Å². The van der Waals surface area contributed by atoms with Gasteiger partial charge in [-0.2, -0.15) is 0 Å². The maximum absolute atomic E-state index is 12.0. The van der Waals surface area contributed by atoms with Crippen LogP contribution in [0.3, 0.4) is 0 Å². The van der Waals surface area contributed by atoms with Gasteiger partial charge in [0.05, 0.1) is 6.67 Å². The van der Waals surface area contributed by atoms with Crippen molar-refractivity contribution in [2.24, 2.45) is 0 Å². The minimum absolute atomic E-state index is 0.0477. The molecule has 0 fully saturated rings. The highest BCUT2D eigenvalue weighted by molar-refractivity contribution is 6.24. The first kappa shape index (κ1) is 12.8. The Kier molecular flexibility index (Phi) is 4.16. The van der Waals surface area contributed by atoms with E-state index in [2.05, 4.69) is 0 Å². The summed E-state index contributed by atoms with van der Waals surface area (Å²) in [4.78, 5) is 23.7. The van der Waals surface area contributed by atoms with E-state index in [1.54, 1.807) is 20.8 Å². The lowest BCUT2D eigenvalue weighted by atomic mass is 9.84. The fourth-order valence-corrected chi connectivity index (χ4v) is 1.85. The van der Waals surface area contributed by atoms with Gasteiger partial charge in [-0.05, 0) is 40.0 Å². The molecule has 0 N–H and O–H groups in total. The third-order valence-electron chi connectivity index (χ3n) is 3.12. The van der Waals surface area contributed by atoms with E-state index in [1.807, 2.05) is 0 Å². The van der Waals surface area contributed by atoms with Gasteiger partial charge >= 0.3 is 0 Å². The van der Waals surface area contributed by atoms with Crippen molar-refractivity contribution < 1.29 is 14.0 Å². The fraction of sp³-hybridized carbons (Fsp3) is 0.538. The normalized spacial score (nSPS) is 17.5. The van der Waals surface area contributed by atoms with Crippen LogP contribution in [0.15, 0.2) is 22.3 Å². The lowest BCUT2D eigenvalue weighted by molar-refractivity contribution is -0.116. The molecule has 1 rings (SSSR count). The van der Waals surface area contributed by atoms with Crippen molar-refractivity contribution in [3.05, 3.63) is 22.3 Å². The third-order valence-corrected chi connectivity index (χ3v) is 3.12. The molecule has 88 valence electrons. The van der Waals surface area contributed by atoms with E-state index in [-0.39, 0.29) is 18.2 Å². The molecule has 1 aliphatic rings. The summed E-state index contributed by atoms with van der Waals surface area (Å²) < 4.78 is 12.0. The lowest BCUT2D eigenvalue weighted by Gasteiger charge is -2.18. The number of hydrogen-bond donors (Lipinski definition) is 0. The number of ketones is 2. The van der Waals surface area contributed by atoms with E-state index < -0.39 is 0 Å². The first-order chi connectivity index (χ1) is 7.50. The van der Waals surface area contributed by atoms with E-state index >= 15 is 0 Å². The fourth-order valence-electron chi connectivity index (χ4n) is 1.85. The van der Waals surface area contributed by atoms with E-state index in [1.165, 1.54) is 0 Å². The monoisotopic (exact) mass is 224 g/mol. The molecule has 1 aliphatic carbocycles. The maximum atomic E-state index is 12.0. The molecule has 2 nitrogen and oxygen atoms in total. The van der Waals surface area contributed by atoms with E-state index in [4.69, 9.17) is 0 Å². The van der Waals surface area contributed by atoms with Crippen molar-refractivity contribution >= 4 is 11.6 Å². The van der Waals surface area contributed by atoms with Crippen LogP contribution in [0.1, 0.15) is 40.0 Å². The third kappa shape index (κ3) is 2.29. The second kappa shape index (κ2) is 5.19. The van der Waals surface area contributed by atoms with Crippen LogP contribution in [0.5, 0.6) is 0 Å². The topological polar surface area (TPSA) is 34.1 Å². The number of unbranched alkanes of at least 4 members (excludes halogenated alkanes) is 1. The first-order valence-corrected chi connectivity index (χ1v) is 5.53. The molecule has 3 heteroatoms. The summed E-state index contributed by atoms with van der Waals surface area (Å²) in [7, 11) is 0. The second-order valence-electron chi connectivity index (χ2n) is 4.16. The molecule has 0 saturated heterocycles. The van der Waals surface area contributed by atoms with Crippen LogP contribution in [0.25, 0.3) is 0 Å². The minimum atomic E-state index is -0.373. The van der Waals surface area contributed by atoms with Gasteiger partial charge in [0.2, 0.25) is 0 Å². The summed E-state index contributed by atoms with van der Waals surface area (Å²) in [5.41, 5.74) is 2.18. The predicted molar refractivity (Wildman–Crippen MR) is 60.9 cm³/mol. The van der Waals surface area contributed by atoms with E-state index in [0.29, 0.717) is 41.6 Å². The average molecular weight is 224 g/mol. The molecule has 0 bridgehead atoms. The summed E-state index contributed by atoms with van der Waals surface area (Å²) in [6, 6.07) is 0. The second-order valence-corrected chi connectivity index (χ2v) is 4.16. The van der Waals surface area contributed by atoms with Crippen LogP contribution < -0.4 is 0 Å². The van der Waals surface area contributed by atoms with Gasteiger partial charge in [0.1, 0.15) is 0 Å². The highest BCUT2D eigenvalue weighted by Crippen LogP contribution is 2.27. The molecular formula is C13H17FO2. The average Bonchev–Trinajstić information content (AvgIpc) is 2.28. The van der Waals surface area contributed by atoms with Crippen molar-refractivity contribution in [3.8, 4) is 0 Å². The Labute approximate surface area is 95.2 Å². The molecule has 0 unspecified atom stereocenters. The molecule has 0 radical (unpaired) electrons. The molecule has 0 aromatic carbocycles. The van der Waals surface area contributed by atoms with Gasteiger partial charge in [0.15, 0.2) is 11.6 Å². The van der Waals surface area contributed by atoms with Gasteiger partial charge in [-0.25, -0.2) is 0 Å². The molecule has 0 aromatic rings. The lowest BCUT2D eigenvalue weighted by Crippen LogP contribution is -2.20. The zero-order chi connectivity index (χ0) is 12.3. The maximum Gasteiger partial charge on any atom is 0.185 e. The van der Waals surface area contributed by atoms with E-state index in [0.717, 1.165) is 0 Å². The zero-order valence-corrected chi connectivity index (χ0v) is 10.0. The Hall–Kier alpha value is -1.25. The molecule has 0 amide bonds. The Balaban J connectivity index is 2.91. The standard InChI is InChI=1S/C13H17FO2/c1-8-9(2)13(16)11(6-4-5-7-14)10(3)12(8)15/h4-7H2,1-3H3. The summed E-state index contributed by atoms with van der Waals surface area (Å²) in [6.07, 6.45) is 1.57. The van der Waals surface area contributed by atoms with Crippen molar-refractivity contribution in [3.63, 3.8) is 0 Å². The number of allylic oxidation sites excluding steroid dienone is 4. The van der Waals surface area contributed by atoms with Gasteiger partial charge < -0.3 is 0 Å². The van der Waals surface area contributed by atoms with E-state index in [9.17, 15) is 14.0 Å². The SMILES string of the molecule is CC1=C(C)C(=O)C(CCCCF)=C(C)C1=O. The minimum Gasteiger partial charge on any atom is -0.289 e. The molecule has 16 heavy (non-hydrogen) atoms. The van der Waals surface area contributed by atoms with Crippen LogP contribution in [-0.2, 0) is 9.59 Å². The van der Waals surface area contributed by atoms with Gasteiger partial charge in [0, 0.05) is 22.3 Å². The Morgan fingerprint density at radius 1 is 0.875 bits per heavy atom.